The second kappa shape index (κ2) is 8.90. The number of carbonyl (C=O) groups is 1. The number of anilines is 1. The number of ether oxygens (including phenoxy) is 1. The molecular formula is C20H26N2O4S. The van der Waals surface area contributed by atoms with Crippen LogP contribution < -0.4 is 14.4 Å². The molecule has 0 saturated carbocycles. The first kappa shape index (κ1) is 20.8. The summed E-state index contributed by atoms with van der Waals surface area (Å²) in [5.74, 6) is 0.540. The summed E-state index contributed by atoms with van der Waals surface area (Å²) in [6.07, 6.45) is 0. The molecule has 0 saturated heterocycles. The summed E-state index contributed by atoms with van der Waals surface area (Å²) in [6.45, 7) is 5.81. The number of nitrogens with one attached hydrogen (secondary N) is 1. The number of aryl methyl sites for hydroxylation is 1. The zero-order valence-electron chi connectivity index (χ0n) is 16.1. The highest BCUT2D eigenvalue weighted by molar-refractivity contribution is 7.92. The Kier molecular flexibility index (Phi) is 6.85. The molecule has 0 heterocycles. The molecule has 0 aliphatic rings. The van der Waals surface area contributed by atoms with E-state index >= 15 is 0 Å². The van der Waals surface area contributed by atoms with Crippen LogP contribution in [0.3, 0.4) is 0 Å². The highest BCUT2D eigenvalue weighted by Crippen LogP contribution is 2.17. The van der Waals surface area contributed by atoms with Gasteiger partial charge in [0.25, 0.3) is 5.91 Å². The van der Waals surface area contributed by atoms with E-state index in [0.29, 0.717) is 17.9 Å². The maximum absolute atomic E-state index is 12.3. The Bertz CT molecular complexity index is 862. The zero-order chi connectivity index (χ0) is 20.0. The van der Waals surface area contributed by atoms with Crippen LogP contribution in [0.2, 0.25) is 0 Å². The van der Waals surface area contributed by atoms with Gasteiger partial charge in [0, 0.05) is 12.6 Å². The van der Waals surface area contributed by atoms with Gasteiger partial charge in [-0.25, -0.2) is 8.42 Å². The molecule has 0 unspecified atom stereocenters. The lowest BCUT2D eigenvalue weighted by molar-refractivity contribution is 0.0926. The first-order valence-corrected chi connectivity index (χ1v) is 10.4. The van der Waals surface area contributed by atoms with E-state index in [2.05, 4.69) is 5.32 Å². The largest absolute Gasteiger partial charge is 0.491 e. The molecule has 1 amide bonds. The minimum Gasteiger partial charge on any atom is -0.491 e. The van der Waals surface area contributed by atoms with E-state index in [1.165, 1.54) is 11.4 Å². The average molecular weight is 391 g/mol. The van der Waals surface area contributed by atoms with Crippen LogP contribution in [0.25, 0.3) is 0 Å². The lowest BCUT2D eigenvalue weighted by atomic mass is 10.2. The van der Waals surface area contributed by atoms with Gasteiger partial charge in [-0.15, -0.1) is 0 Å². The minimum atomic E-state index is -3.32. The van der Waals surface area contributed by atoms with Gasteiger partial charge in [0.2, 0.25) is 10.0 Å². The number of rotatable bonds is 8. The predicted molar refractivity (Wildman–Crippen MR) is 108 cm³/mol. The van der Waals surface area contributed by atoms with E-state index in [1.54, 1.807) is 31.2 Å². The Morgan fingerprint density at radius 3 is 2.26 bits per heavy atom. The molecule has 0 spiro atoms. The van der Waals surface area contributed by atoms with E-state index in [4.69, 9.17) is 4.74 Å². The van der Waals surface area contributed by atoms with Crippen molar-refractivity contribution < 1.29 is 17.9 Å². The summed E-state index contributed by atoms with van der Waals surface area (Å²) in [5, 5.41) is 2.87. The maximum atomic E-state index is 12.3. The first-order chi connectivity index (χ1) is 12.7. The van der Waals surface area contributed by atoms with Crippen LogP contribution >= 0.6 is 0 Å². The van der Waals surface area contributed by atoms with Gasteiger partial charge < -0.3 is 10.1 Å². The molecule has 0 aromatic heterocycles. The number of nitrogens with zero attached hydrogens (tertiary/aromatic N) is 1. The fraction of sp³-hybridized carbons (Fsp3) is 0.350. The average Bonchev–Trinajstić information content (AvgIpc) is 2.67. The highest BCUT2D eigenvalue weighted by atomic mass is 32.2. The number of hydrogen-bond acceptors (Lipinski definition) is 4. The third-order valence-corrected chi connectivity index (χ3v) is 5.95. The fourth-order valence-electron chi connectivity index (χ4n) is 2.38. The third-order valence-electron chi connectivity index (χ3n) is 4.17. The monoisotopic (exact) mass is 390 g/mol. The van der Waals surface area contributed by atoms with Gasteiger partial charge in [0.05, 0.1) is 17.5 Å². The Morgan fingerprint density at radius 1 is 1.11 bits per heavy atom. The molecule has 2 aromatic rings. The molecule has 7 heteroatoms. The van der Waals surface area contributed by atoms with Crippen molar-refractivity contribution in [2.24, 2.45) is 0 Å². The minimum absolute atomic E-state index is 0.0181. The van der Waals surface area contributed by atoms with Gasteiger partial charge in [0.1, 0.15) is 12.4 Å². The number of hydrogen-bond donors (Lipinski definition) is 1. The molecule has 0 radical (unpaired) electrons. The summed E-state index contributed by atoms with van der Waals surface area (Å²) >= 11 is 0. The van der Waals surface area contributed by atoms with Crippen molar-refractivity contribution in [3.05, 3.63) is 59.7 Å². The third kappa shape index (κ3) is 5.72. The number of benzene rings is 2. The molecule has 146 valence electrons. The van der Waals surface area contributed by atoms with Crippen LogP contribution in [-0.2, 0) is 10.0 Å². The van der Waals surface area contributed by atoms with Crippen LogP contribution in [0.15, 0.2) is 48.5 Å². The Morgan fingerprint density at radius 2 is 1.70 bits per heavy atom. The van der Waals surface area contributed by atoms with E-state index < -0.39 is 10.0 Å². The molecule has 6 nitrogen and oxygen atoms in total. The van der Waals surface area contributed by atoms with Crippen LogP contribution in [0.4, 0.5) is 5.69 Å². The van der Waals surface area contributed by atoms with Crippen LogP contribution in [0.5, 0.6) is 5.75 Å². The molecule has 2 aromatic carbocycles. The smallest absolute Gasteiger partial charge is 0.251 e. The second-order valence-corrected chi connectivity index (χ2v) is 8.70. The van der Waals surface area contributed by atoms with E-state index in [0.717, 1.165) is 11.3 Å². The van der Waals surface area contributed by atoms with Crippen molar-refractivity contribution in [3.63, 3.8) is 0 Å². The van der Waals surface area contributed by atoms with Gasteiger partial charge in [-0.3, -0.25) is 9.10 Å². The molecule has 0 bridgehead atoms. The van der Waals surface area contributed by atoms with E-state index in [1.807, 2.05) is 38.1 Å². The molecule has 0 fully saturated rings. The summed E-state index contributed by atoms with van der Waals surface area (Å²) in [4.78, 5) is 12.3. The highest BCUT2D eigenvalue weighted by Gasteiger charge is 2.16. The quantitative estimate of drug-likeness (QED) is 0.752. The Labute approximate surface area is 161 Å². The van der Waals surface area contributed by atoms with Crippen LogP contribution in [0, 0.1) is 6.92 Å². The molecule has 0 aliphatic carbocycles. The van der Waals surface area contributed by atoms with E-state index in [-0.39, 0.29) is 17.7 Å². The Hall–Kier alpha value is -2.54. The topological polar surface area (TPSA) is 75.7 Å². The molecule has 2 rings (SSSR count). The molecule has 27 heavy (non-hydrogen) atoms. The SMILES string of the molecule is CCS(=O)(=O)N(C)c1ccc(C(=O)N[C@H](C)COc2ccc(C)cc2)cc1. The molecule has 1 N–H and O–H groups in total. The van der Waals surface area contributed by atoms with Crippen LogP contribution in [0.1, 0.15) is 29.8 Å². The standard InChI is InChI=1S/C20H26N2O4S/c1-5-27(24,25)22(4)18-10-8-17(9-11-18)20(23)21-16(3)14-26-19-12-6-15(2)7-13-19/h6-13,16H,5,14H2,1-4H3,(H,21,23)/t16-/m1/s1. The lowest BCUT2D eigenvalue weighted by Gasteiger charge is -2.19. The second-order valence-electron chi connectivity index (χ2n) is 6.41. The van der Waals surface area contributed by atoms with E-state index in [9.17, 15) is 13.2 Å². The first-order valence-electron chi connectivity index (χ1n) is 8.80. The van der Waals surface area contributed by atoms with Crippen molar-refractivity contribution in [1.29, 1.82) is 0 Å². The van der Waals surface area contributed by atoms with Crippen LogP contribution in [-0.4, -0.2) is 39.8 Å². The van der Waals surface area contributed by atoms with Crippen molar-refractivity contribution in [2.45, 2.75) is 26.8 Å². The van der Waals surface area contributed by atoms with Gasteiger partial charge >= 0.3 is 0 Å². The predicted octanol–water partition coefficient (Wildman–Crippen LogP) is 2.98. The zero-order valence-corrected chi connectivity index (χ0v) is 16.9. The normalized spacial score (nSPS) is 12.3. The van der Waals surface area contributed by atoms with Crippen molar-refractivity contribution >= 4 is 21.6 Å². The van der Waals surface area contributed by atoms with Gasteiger partial charge in [-0.1, -0.05) is 17.7 Å². The van der Waals surface area contributed by atoms with Gasteiger partial charge in [-0.2, -0.15) is 0 Å². The summed E-state index contributed by atoms with van der Waals surface area (Å²) < 4.78 is 30.7. The Balaban J connectivity index is 1.92. The summed E-state index contributed by atoms with van der Waals surface area (Å²) in [6, 6.07) is 14.0. The summed E-state index contributed by atoms with van der Waals surface area (Å²) in [5.41, 5.74) is 2.14. The van der Waals surface area contributed by atoms with Crippen molar-refractivity contribution in [2.75, 3.05) is 23.7 Å². The number of amides is 1. The van der Waals surface area contributed by atoms with Crippen molar-refractivity contribution in [1.82, 2.24) is 5.32 Å². The molecule has 0 aliphatic heterocycles. The summed E-state index contributed by atoms with van der Waals surface area (Å²) in [7, 11) is -1.83. The molecular weight excluding hydrogens is 364 g/mol. The maximum Gasteiger partial charge on any atom is 0.251 e. The fourth-order valence-corrected chi connectivity index (χ4v) is 3.21. The van der Waals surface area contributed by atoms with Gasteiger partial charge in [-0.05, 0) is 57.2 Å². The number of carbonyl (C=O) groups excluding carboxylic acids is 1. The van der Waals surface area contributed by atoms with Crippen molar-refractivity contribution in [3.8, 4) is 5.75 Å². The number of sulfonamides is 1. The molecule has 1 atom stereocenters. The van der Waals surface area contributed by atoms with Gasteiger partial charge in [0.15, 0.2) is 0 Å². The lowest BCUT2D eigenvalue weighted by Crippen LogP contribution is -2.36.